The Kier molecular flexibility index (Phi) is 6.60. The SMILES string of the molecule is CCCCC#C[C@@]1(C)CC(=O)C=C(C)[C@]1(O)C[S@@](=O)c1ccc(C)cc1. The number of hydrogen-bond donors (Lipinski definition) is 1. The molecule has 0 saturated heterocycles. The monoisotopic (exact) mass is 372 g/mol. The van der Waals surface area contributed by atoms with Crippen LogP contribution < -0.4 is 0 Å². The average molecular weight is 373 g/mol. The topological polar surface area (TPSA) is 54.4 Å². The molecule has 140 valence electrons. The molecule has 1 aliphatic rings. The van der Waals surface area contributed by atoms with Crippen molar-refractivity contribution in [2.45, 2.75) is 63.9 Å². The van der Waals surface area contributed by atoms with Gasteiger partial charge in [-0.25, -0.2) is 0 Å². The summed E-state index contributed by atoms with van der Waals surface area (Å²) in [5, 5.41) is 11.5. The normalized spacial score (nSPS) is 26.7. The van der Waals surface area contributed by atoms with Gasteiger partial charge in [0.1, 0.15) is 5.60 Å². The fourth-order valence-electron chi connectivity index (χ4n) is 3.25. The minimum Gasteiger partial charge on any atom is -0.383 e. The first-order valence-corrected chi connectivity index (χ1v) is 10.4. The highest BCUT2D eigenvalue weighted by molar-refractivity contribution is 7.85. The van der Waals surface area contributed by atoms with Crippen LogP contribution in [0.15, 0.2) is 40.8 Å². The highest BCUT2D eigenvalue weighted by Crippen LogP contribution is 2.44. The Morgan fingerprint density at radius 2 is 1.88 bits per heavy atom. The van der Waals surface area contributed by atoms with Gasteiger partial charge in [0.05, 0.1) is 22.0 Å². The summed E-state index contributed by atoms with van der Waals surface area (Å²) >= 11 is 0. The van der Waals surface area contributed by atoms with E-state index < -0.39 is 21.8 Å². The van der Waals surface area contributed by atoms with E-state index in [4.69, 9.17) is 0 Å². The number of hydrogen-bond acceptors (Lipinski definition) is 3. The zero-order valence-corrected chi connectivity index (χ0v) is 16.9. The minimum atomic E-state index is -1.39. The molecule has 0 saturated carbocycles. The van der Waals surface area contributed by atoms with Crippen LogP contribution in [0.2, 0.25) is 0 Å². The van der Waals surface area contributed by atoms with Crippen LogP contribution in [0, 0.1) is 24.2 Å². The van der Waals surface area contributed by atoms with E-state index in [1.807, 2.05) is 38.1 Å². The summed E-state index contributed by atoms with van der Waals surface area (Å²) in [7, 11) is -1.39. The Morgan fingerprint density at radius 1 is 1.23 bits per heavy atom. The van der Waals surface area contributed by atoms with Crippen molar-refractivity contribution in [1.82, 2.24) is 0 Å². The Labute approximate surface area is 159 Å². The molecule has 1 N–H and O–H groups in total. The first-order valence-electron chi connectivity index (χ1n) is 9.11. The molecule has 0 fully saturated rings. The van der Waals surface area contributed by atoms with Gasteiger partial charge in [-0.15, -0.1) is 5.92 Å². The van der Waals surface area contributed by atoms with Gasteiger partial charge in [0.25, 0.3) is 0 Å². The van der Waals surface area contributed by atoms with Crippen molar-refractivity contribution >= 4 is 16.6 Å². The third-order valence-corrected chi connectivity index (χ3v) is 6.59. The highest BCUT2D eigenvalue weighted by atomic mass is 32.2. The second-order valence-electron chi connectivity index (χ2n) is 7.37. The van der Waals surface area contributed by atoms with Crippen LogP contribution in [-0.4, -0.2) is 26.5 Å². The summed E-state index contributed by atoms with van der Waals surface area (Å²) in [6.07, 6.45) is 4.39. The van der Waals surface area contributed by atoms with Gasteiger partial charge in [-0.3, -0.25) is 9.00 Å². The third kappa shape index (κ3) is 4.34. The van der Waals surface area contributed by atoms with Crippen LogP contribution in [0.3, 0.4) is 0 Å². The number of carbonyl (C=O) groups is 1. The molecule has 0 bridgehead atoms. The van der Waals surface area contributed by atoms with Crippen LogP contribution in [0.5, 0.6) is 0 Å². The number of benzene rings is 1. The summed E-state index contributed by atoms with van der Waals surface area (Å²) in [5.41, 5.74) is -0.690. The van der Waals surface area contributed by atoms with E-state index in [0.717, 1.165) is 24.8 Å². The minimum absolute atomic E-state index is 0.0324. The van der Waals surface area contributed by atoms with Gasteiger partial charge >= 0.3 is 0 Å². The summed E-state index contributed by atoms with van der Waals surface area (Å²) < 4.78 is 12.9. The number of carbonyl (C=O) groups excluding carboxylic acids is 1. The Balaban J connectivity index is 2.36. The van der Waals surface area contributed by atoms with E-state index in [-0.39, 0.29) is 18.0 Å². The van der Waals surface area contributed by atoms with E-state index >= 15 is 0 Å². The number of allylic oxidation sites excluding steroid dienone is 1. The summed E-state index contributed by atoms with van der Waals surface area (Å²) in [5.74, 6) is 6.27. The number of rotatable bonds is 5. The van der Waals surface area contributed by atoms with Crippen molar-refractivity contribution in [1.29, 1.82) is 0 Å². The lowest BCUT2D eigenvalue weighted by atomic mass is 9.64. The predicted molar refractivity (Wildman–Crippen MR) is 106 cm³/mol. The molecular formula is C22H28O3S. The fraction of sp³-hybridized carbons (Fsp3) is 0.500. The van der Waals surface area contributed by atoms with Crippen molar-refractivity contribution in [3.05, 3.63) is 41.5 Å². The summed E-state index contributed by atoms with van der Waals surface area (Å²) in [6, 6.07) is 7.47. The zero-order valence-electron chi connectivity index (χ0n) is 16.1. The first kappa shape index (κ1) is 20.6. The standard InChI is InChI=1S/C22H28O3S/c1-5-6-7-8-13-21(4)15-19(23)14-18(3)22(21,24)16-26(25)20-11-9-17(2)10-12-20/h9-12,14,24H,5-7,15-16H2,1-4H3/t21-,22+,26+/m0/s1. The molecule has 1 aromatic rings. The second-order valence-corrected chi connectivity index (χ2v) is 8.82. The van der Waals surface area contributed by atoms with Crippen molar-refractivity contribution in [3.63, 3.8) is 0 Å². The lowest BCUT2D eigenvalue weighted by Gasteiger charge is -2.44. The van der Waals surface area contributed by atoms with Crippen molar-refractivity contribution < 1.29 is 14.1 Å². The number of aliphatic hydroxyl groups is 1. The molecule has 2 rings (SSSR count). The Bertz CT molecular complexity index is 782. The molecule has 3 nitrogen and oxygen atoms in total. The van der Waals surface area contributed by atoms with Crippen LogP contribution in [-0.2, 0) is 15.6 Å². The van der Waals surface area contributed by atoms with Gasteiger partial charge < -0.3 is 5.11 Å². The van der Waals surface area contributed by atoms with Crippen LogP contribution in [0.4, 0.5) is 0 Å². The van der Waals surface area contributed by atoms with Gasteiger partial charge in [0.15, 0.2) is 5.78 Å². The smallest absolute Gasteiger partial charge is 0.157 e. The van der Waals surface area contributed by atoms with E-state index in [9.17, 15) is 14.1 Å². The van der Waals surface area contributed by atoms with Gasteiger partial charge in [-0.1, -0.05) is 37.0 Å². The molecule has 0 spiro atoms. The zero-order chi connectivity index (χ0) is 19.4. The second kappa shape index (κ2) is 8.33. The molecule has 0 unspecified atom stereocenters. The largest absolute Gasteiger partial charge is 0.383 e. The number of ketones is 1. The third-order valence-electron chi connectivity index (χ3n) is 5.11. The van der Waals surface area contributed by atoms with Crippen LogP contribution in [0.25, 0.3) is 0 Å². The fourth-order valence-corrected chi connectivity index (χ4v) is 4.78. The molecule has 0 radical (unpaired) electrons. The van der Waals surface area contributed by atoms with E-state index in [0.29, 0.717) is 10.5 Å². The molecule has 0 heterocycles. The summed E-state index contributed by atoms with van der Waals surface area (Å²) in [6.45, 7) is 7.62. The molecule has 3 atom stereocenters. The molecule has 4 heteroatoms. The van der Waals surface area contributed by atoms with Crippen LogP contribution >= 0.6 is 0 Å². The number of aryl methyl sites for hydroxylation is 1. The predicted octanol–water partition coefficient (Wildman–Crippen LogP) is 3.95. The molecule has 26 heavy (non-hydrogen) atoms. The lowest BCUT2D eigenvalue weighted by molar-refractivity contribution is -0.120. The van der Waals surface area contributed by atoms with Gasteiger partial charge in [0, 0.05) is 17.7 Å². The maximum Gasteiger partial charge on any atom is 0.157 e. The molecular weight excluding hydrogens is 344 g/mol. The van der Waals surface area contributed by atoms with E-state index in [1.54, 1.807) is 6.92 Å². The molecule has 0 aromatic heterocycles. The van der Waals surface area contributed by atoms with Gasteiger partial charge in [-0.05, 0) is 51.0 Å². The summed E-state index contributed by atoms with van der Waals surface area (Å²) in [4.78, 5) is 12.8. The van der Waals surface area contributed by atoms with E-state index in [1.165, 1.54) is 6.08 Å². The van der Waals surface area contributed by atoms with Crippen molar-refractivity contribution in [2.75, 3.05) is 5.75 Å². The quantitative estimate of drug-likeness (QED) is 0.629. The van der Waals surface area contributed by atoms with Crippen molar-refractivity contribution in [2.24, 2.45) is 5.41 Å². The Hall–Kier alpha value is -1.70. The molecule has 0 aliphatic heterocycles. The highest BCUT2D eigenvalue weighted by Gasteiger charge is 2.52. The van der Waals surface area contributed by atoms with Crippen molar-refractivity contribution in [3.8, 4) is 11.8 Å². The van der Waals surface area contributed by atoms with Gasteiger partial charge in [-0.2, -0.15) is 0 Å². The molecule has 1 aliphatic carbocycles. The first-order chi connectivity index (χ1) is 12.2. The molecule has 1 aromatic carbocycles. The van der Waals surface area contributed by atoms with Crippen LogP contribution in [0.1, 0.15) is 52.0 Å². The van der Waals surface area contributed by atoms with E-state index in [2.05, 4.69) is 18.8 Å². The Morgan fingerprint density at radius 3 is 2.50 bits per heavy atom. The maximum atomic E-state index is 12.9. The van der Waals surface area contributed by atoms with Gasteiger partial charge in [0.2, 0.25) is 0 Å². The molecule has 0 amide bonds. The average Bonchev–Trinajstić information content (AvgIpc) is 2.57. The maximum absolute atomic E-state index is 12.9. The lowest BCUT2D eigenvalue weighted by Crippen LogP contribution is -2.54. The number of unbranched alkanes of at least 4 members (excludes halogenated alkanes) is 2.